The molecular weight excluding hydrogens is 338 g/mol. The maximum atomic E-state index is 12.4. The average Bonchev–Trinajstić information content (AvgIpc) is 3.03. The fraction of sp³-hybridized carbons (Fsp3) is 0.545. The molecule has 1 aromatic heterocycles. The van der Waals surface area contributed by atoms with E-state index in [1.54, 1.807) is 6.20 Å². The van der Waals surface area contributed by atoms with Gasteiger partial charge in [-0.3, -0.25) is 9.59 Å². The summed E-state index contributed by atoms with van der Waals surface area (Å²) >= 11 is 0. The van der Waals surface area contributed by atoms with Crippen molar-refractivity contribution < 1.29 is 9.59 Å². The summed E-state index contributed by atoms with van der Waals surface area (Å²) in [6.45, 7) is 9.01. The highest BCUT2D eigenvalue weighted by atomic mass is 16.2. The maximum absolute atomic E-state index is 12.4. The first-order chi connectivity index (χ1) is 13.1. The summed E-state index contributed by atoms with van der Waals surface area (Å²) in [4.78, 5) is 26.2. The molecule has 2 heterocycles. The number of hydrogen-bond donors (Lipinski definition) is 1. The minimum Gasteiger partial charge on any atom is -0.354 e. The number of para-hydroxylation sites is 1. The summed E-state index contributed by atoms with van der Waals surface area (Å²) in [5.41, 5.74) is 1.56. The number of piperidine rings is 1. The third-order valence-electron chi connectivity index (χ3n) is 5.58. The number of hydrogen-bond acceptors (Lipinski definition) is 3. The number of carbonyl (C=O) groups excluding carboxylic acids is 2. The van der Waals surface area contributed by atoms with Crippen LogP contribution in [0.3, 0.4) is 0 Å². The Kier molecular flexibility index (Phi) is 6.67. The van der Waals surface area contributed by atoms with Gasteiger partial charge < -0.3 is 14.8 Å². The minimum absolute atomic E-state index is 0.00967. The number of nitrogens with one attached hydrogen (secondary N) is 1. The zero-order chi connectivity index (χ0) is 19.2. The standard InChI is InChI=1S/C22H31N3O2/c1-17(2)7-10-24-11-8-18(9-12-24)13-23-22(27)15-25-14-19(16-26)20-5-3-4-6-21(20)25/h3-6,14,16-18H,7-13,15H2,1-2H3,(H,23,27). The molecule has 0 unspecified atom stereocenters. The monoisotopic (exact) mass is 369 g/mol. The second kappa shape index (κ2) is 9.18. The molecule has 5 heteroatoms. The molecule has 0 spiro atoms. The molecular formula is C22H31N3O2. The van der Waals surface area contributed by atoms with Crippen molar-refractivity contribution in [1.29, 1.82) is 0 Å². The molecule has 146 valence electrons. The molecule has 0 saturated carbocycles. The number of aromatic nitrogens is 1. The molecule has 0 atom stereocenters. The van der Waals surface area contributed by atoms with E-state index in [1.165, 1.54) is 13.0 Å². The molecule has 0 radical (unpaired) electrons. The Morgan fingerprint density at radius 3 is 2.70 bits per heavy atom. The lowest BCUT2D eigenvalue weighted by atomic mass is 9.96. The van der Waals surface area contributed by atoms with E-state index in [1.807, 2.05) is 28.8 Å². The largest absolute Gasteiger partial charge is 0.354 e. The summed E-state index contributed by atoms with van der Waals surface area (Å²) in [6.07, 6.45) is 6.18. The van der Waals surface area contributed by atoms with Crippen LogP contribution < -0.4 is 5.32 Å². The molecule has 1 amide bonds. The average molecular weight is 370 g/mol. The van der Waals surface area contributed by atoms with Gasteiger partial charge in [-0.2, -0.15) is 0 Å². The van der Waals surface area contributed by atoms with Crippen LogP contribution in [0.15, 0.2) is 30.5 Å². The molecule has 1 aliphatic heterocycles. The third-order valence-corrected chi connectivity index (χ3v) is 5.58. The van der Waals surface area contributed by atoms with Crippen molar-refractivity contribution in [2.24, 2.45) is 11.8 Å². The van der Waals surface area contributed by atoms with Crippen LogP contribution in [0.4, 0.5) is 0 Å². The zero-order valence-electron chi connectivity index (χ0n) is 16.5. The Labute approximate surface area is 161 Å². The van der Waals surface area contributed by atoms with E-state index in [-0.39, 0.29) is 12.5 Å². The van der Waals surface area contributed by atoms with E-state index in [0.717, 1.165) is 55.6 Å². The summed E-state index contributed by atoms with van der Waals surface area (Å²) in [7, 11) is 0. The Hall–Kier alpha value is -2.14. The number of benzene rings is 1. The van der Waals surface area contributed by atoms with Crippen molar-refractivity contribution in [3.8, 4) is 0 Å². The topological polar surface area (TPSA) is 54.3 Å². The van der Waals surface area contributed by atoms with E-state index < -0.39 is 0 Å². The van der Waals surface area contributed by atoms with Crippen molar-refractivity contribution >= 4 is 23.1 Å². The highest BCUT2D eigenvalue weighted by Crippen LogP contribution is 2.20. The zero-order valence-corrected chi connectivity index (χ0v) is 16.5. The van der Waals surface area contributed by atoms with Crippen LogP contribution in [-0.4, -0.2) is 47.8 Å². The van der Waals surface area contributed by atoms with Gasteiger partial charge in [-0.1, -0.05) is 32.0 Å². The lowest BCUT2D eigenvalue weighted by molar-refractivity contribution is -0.121. The summed E-state index contributed by atoms with van der Waals surface area (Å²) in [6, 6.07) is 7.70. The fourth-order valence-corrected chi connectivity index (χ4v) is 3.82. The van der Waals surface area contributed by atoms with E-state index in [4.69, 9.17) is 0 Å². The number of nitrogens with zero attached hydrogens (tertiary/aromatic N) is 2. The Morgan fingerprint density at radius 2 is 2.00 bits per heavy atom. The molecule has 5 nitrogen and oxygen atoms in total. The van der Waals surface area contributed by atoms with Crippen LogP contribution in [-0.2, 0) is 11.3 Å². The van der Waals surface area contributed by atoms with Gasteiger partial charge in [0.25, 0.3) is 0 Å². The molecule has 27 heavy (non-hydrogen) atoms. The molecule has 0 aliphatic carbocycles. The van der Waals surface area contributed by atoms with Crippen LogP contribution in [0.1, 0.15) is 43.5 Å². The van der Waals surface area contributed by atoms with Crippen LogP contribution in [0.25, 0.3) is 10.9 Å². The van der Waals surface area contributed by atoms with Crippen molar-refractivity contribution in [3.05, 3.63) is 36.0 Å². The molecule has 1 saturated heterocycles. The van der Waals surface area contributed by atoms with Crippen LogP contribution in [0.2, 0.25) is 0 Å². The summed E-state index contributed by atoms with van der Waals surface area (Å²) < 4.78 is 1.86. The number of aldehydes is 1. The van der Waals surface area contributed by atoms with Crippen molar-refractivity contribution in [2.45, 2.75) is 39.7 Å². The van der Waals surface area contributed by atoms with Gasteiger partial charge in [0.15, 0.2) is 6.29 Å². The first-order valence-corrected chi connectivity index (χ1v) is 10.1. The van der Waals surface area contributed by atoms with E-state index >= 15 is 0 Å². The quantitative estimate of drug-likeness (QED) is 0.726. The number of amides is 1. The Morgan fingerprint density at radius 1 is 1.26 bits per heavy atom. The molecule has 1 aliphatic rings. The van der Waals surface area contributed by atoms with Gasteiger partial charge in [-0.15, -0.1) is 0 Å². The molecule has 1 N–H and O–H groups in total. The van der Waals surface area contributed by atoms with Gasteiger partial charge in [-0.25, -0.2) is 0 Å². The predicted molar refractivity (Wildman–Crippen MR) is 109 cm³/mol. The van der Waals surface area contributed by atoms with Gasteiger partial charge in [0.1, 0.15) is 6.54 Å². The van der Waals surface area contributed by atoms with Crippen molar-refractivity contribution in [1.82, 2.24) is 14.8 Å². The first-order valence-electron chi connectivity index (χ1n) is 10.1. The van der Waals surface area contributed by atoms with Gasteiger partial charge in [0.05, 0.1) is 0 Å². The third kappa shape index (κ3) is 5.19. The summed E-state index contributed by atoms with van der Waals surface area (Å²) in [5, 5.41) is 3.99. The van der Waals surface area contributed by atoms with Crippen LogP contribution in [0.5, 0.6) is 0 Å². The highest BCUT2D eigenvalue weighted by Gasteiger charge is 2.20. The second-order valence-corrected chi connectivity index (χ2v) is 8.12. The molecule has 1 aromatic carbocycles. The molecule has 0 bridgehead atoms. The minimum atomic E-state index is 0.00967. The SMILES string of the molecule is CC(C)CCN1CCC(CNC(=O)Cn2cc(C=O)c3ccccc32)CC1. The summed E-state index contributed by atoms with van der Waals surface area (Å²) in [5.74, 6) is 1.33. The van der Waals surface area contributed by atoms with Crippen LogP contribution in [0, 0.1) is 11.8 Å². The van der Waals surface area contributed by atoms with E-state index in [2.05, 4.69) is 24.1 Å². The number of fused-ring (bicyclic) bond motifs is 1. The van der Waals surface area contributed by atoms with E-state index in [0.29, 0.717) is 11.5 Å². The highest BCUT2D eigenvalue weighted by molar-refractivity contribution is 5.98. The number of likely N-dealkylation sites (tertiary alicyclic amines) is 1. The predicted octanol–water partition coefficient (Wildman–Crippen LogP) is 3.33. The Balaban J connectivity index is 1.46. The Bertz CT molecular complexity index is 773. The van der Waals surface area contributed by atoms with Gasteiger partial charge >= 0.3 is 0 Å². The number of carbonyl (C=O) groups is 2. The van der Waals surface area contributed by atoms with E-state index in [9.17, 15) is 9.59 Å². The van der Waals surface area contributed by atoms with Crippen LogP contribution >= 0.6 is 0 Å². The molecule has 1 fully saturated rings. The first kappa shape index (κ1) is 19.6. The fourth-order valence-electron chi connectivity index (χ4n) is 3.82. The van der Waals surface area contributed by atoms with Gasteiger partial charge in [-0.05, 0) is 56.8 Å². The lowest BCUT2D eigenvalue weighted by Gasteiger charge is -2.32. The smallest absolute Gasteiger partial charge is 0.239 e. The van der Waals surface area contributed by atoms with Crippen molar-refractivity contribution in [3.63, 3.8) is 0 Å². The lowest BCUT2D eigenvalue weighted by Crippen LogP contribution is -2.39. The second-order valence-electron chi connectivity index (χ2n) is 8.12. The maximum Gasteiger partial charge on any atom is 0.239 e. The molecule has 3 rings (SSSR count). The van der Waals surface area contributed by atoms with Gasteiger partial charge in [0, 0.05) is 29.2 Å². The normalized spacial score (nSPS) is 16.1. The molecule has 2 aromatic rings. The van der Waals surface area contributed by atoms with Crippen molar-refractivity contribution in [2.75, 3.05) is 26.2 Å². The van der Waals surface area contributed by atoms with Gasteiger partial charge in [0.2, 0.25) is 5.91 Å². The number of rotatable bonds is 8.